The number of hydrogen-bond acceptors (Lipinski definition) is 8. The summed E-state index contributed by atoms with van der Waals surface area (Å²) < 4.78 is 0. The summed E-state index contributed by atoms with van der Waals surface area (Å²) >= 11 is 1.26. The lowest BCUT2D eigenvalue weighted by Gasteiger charge is -2.13. The standard InChI is InChI=1S/C17H19N5O3S/c1-21(2)13-7-5-12(6-8-13)19-20-17-18-11-14(26-17)10-16(24)25-22-9-3-4-15(22)23/h5-8,11H,3-4,9-10H2,1-2H3. The first-order valence-electron chi connectivity index (χ1n) is 8.16. The summed E-state index contributed by atoms with van der Waals surface area (Å²) in [4.78, 5) is 35.3. The molecule has 1 aliphatic rings. The lowest BCUT2D eigenvalue weighted by atomic mass is 10.3. The molecule has 0 radical (unpaired) electrons. The maximum absolute atomic E-state index is 11.9. The first-order chi connectivity index (χ1) is 12.5. The SMILES string of the molecule is CN(C)c1ccc(N=Nc2ncc(CC(=O)ON3CCCC3=O)s2)cc1. The van der Waals surface area contributed by atoms with Crippen LogP contribution in [0.15, 0.2) is 40.7 Å². The highest BCUT2D eigenvalue weighted by atomic mass is 32.1. The highest BCUT2D eigenvalue weighted by molar-refractivity contribution is 7.15. The number of anilines is 1. The molecular weight excluding hydrogens is 354 g/mol. The van der Waals surface area contributed by atoms with E-state index >= 15 is 0 Å². The molecule has 1 saturated heterocycles. The Morgan fingerprint density at radius 2 is 2.08 bits per heavy atom. The first-order valence-corrected chi connectivity index (χ1v) is 8.98. The summed E-state index contributed by atoms with van der Waals surface area (Å²) in [6, 6.07) is 7.66. The number of azo groups is 1. The minimum Gasteiger partial charge on any atom is -0.378 e. The molecule has 0 aliphatic carbocycles. The number of hydroxylamine groups is 2. The van der Waals surface area contributed by atoms with E-state index in [1.54, 1.807) is 6.20 Å². The highest BCUT2D eigenvalue weighted by Gasteiger charge is 2.24. The van der Waals surface area contributed by atoms with Gasteiger partial charge in [0.1, 0.15) is 0 Å². The molecule has 1 aromatic heterocycles. The summed E-state index contributed by atoms with van der Waals surface area (Å²) in [7, 11) is 3.94. The van der Waals surface area contributed by atoms with Gasteiger partial charge in [-0.3, -0.25) is 4.79 Å². The second kappa shape index (κ2) is 8.05. The van der Waals surface area contributed by atoms with Crippen LogP contribution < -0.4 is 4.90 Å². The molecule has 1 aromatic carbocycles. The Balaban J connectivity index is 1.55. The number of benzene rings is 1. The maximum atomic E-state index is 11.9. The van der Waals surface area contributed by atoms with E-state index in [-0.39, 0.29) is 12.3 Å². The number of hydrogen-bond donors (Lipinski definition) is 0. The number of amides is 1. The van der Waals surface area contributed by atoms with Crippen molar-refractivity contribution in [3.05, 3.63) is 35.3 Å². The Hall–Kier alpha value is -2.81. The molecule has 1 fully saturated rings. The minimum absolute atomic E-state index is 0.0501. The lowest BCUT2D eigenvalue weighted by molar-refractivity contribution is -0.192. The molecule has 26 heavy (non-hydrogen) atoms. The fraction of sp³-hybridized carbons (Fsp3) is 0.353. The van der Waals surface area contributed by atoms with Crippen LogP contribution in [0, 0.1) is 0 Å². The number of carbonyl (C=O) groups excluding carboxylic acids is 2. The normalized spacial score (nSPS) is 14.2. The Bertz CT molecular complexity index is 816. The summed E-state index contributed by atoms with van der Waals surface area (Å²) in [6.07, 6.45) is 2.76. The van der Waals surface area contributed by atoms with Crippen molar-refractivity contribution < 1.29 is 14.4 Å². The Kier molecular flexibility index (Phi) is 5.57. The molecular formula is C17H19N5O3S. The molecule has 2 heterocycles. The number of nitrogens with zero attached hydrogens (tertiary/aromatic N) is 5. The van der Waals surface area contributed by atoms with Crippen LogP contribution in [0.4, 0.5) is 16.5 Å². The van der Waals surface area contributed by atoms with Crippen molar-refractivity contribution >= 4 is 39.7 Å². The zero-order valence-electron chi connectivity index (χ0n) is 14.6. The molecule has 0 atom stereocenters. The van der Waals surface area contributed by atoms with Gasteiger partial charge in [0.15, 0.2) is 0 Å². The van der Waals surface area contributed by atoms with Crippen LogP contribution in [-0.4, -0.2) is 42.6 Å². The van der Waals surface area contributed by atoms with Crippen molar-refractivity contribution in [2.45, 2.75) is 19.3 Å². The smallest absolute Gasteiger partial charge is 0.337 e. The van der Waals surface area contributed by atoms with E-state index < -0.39 is 5.97 Å². The van der Waals surface area contributed by atoms with Gasteiger partial charge in [-0.25, -0.2) is 9.78 Å². The predicted molar refractivity (Wildman–Crippen MR) is 97.8 cm³/mol. The fourth-order valence-electron chi connectivity index (χ4n) is 2.36. The number of rotatable bonds is 6. The molecule has 1 amide bonds. The molecule has 0 N–H and O–H groups in total. The van der Waals surface area contributed by atoms with Gasteiger partial charge in [-0.1, -0.05) is 11.3 Å². The topological polar surface area (TPSA) is 87.5 Å². The molecule has 0 saturated carbocycles. The monoisotopic (exact) mass is 373 g/mol. The molecule has 1 aliphatic heterocycles. The number of thiazole rings is 1. The van der Waals surface area contributed by atoms with Gasteiger partial charge in [0.25, 0.3) is 5.91 Å². The van der Waals surface area contributed by atoms with E-state index in [1.165, 1.54) is 11.3 Å². The minimum atomic E-state index is -0.480. The van der Waals surface area contributed by atoms with E-state index in [2.05, 4.69) is 15.2 Å². The predicted octanol–water partition coefficient (Wildman–Crippen LogP) is 3.25. The molecule has 0 unspecified atom stereocenters. The lowest BCUT2D eigenvalue weighted by Crippen LogP contribution is -2.28. The molecule has 0 spiro atoms. The zero-order valence-corrected chi connectivity index (χ0v) is 15.4. The van der Waals surface area contributed by atoms with Crippen LogP contribution in [0.2, 0.25) is 0 Å². The van der Waals surface area contributed by atoms with Gasteiger partial charge < -0.3 is 9.74 Å². The molecule has 8 nitrogen and oxygen atoms in total. The van der Waals surface area contributed by atoms with Gasteiger partial charge >= 0.3 is 5.97 Å². The molecule has 136 valence electrons. The van der Waals surface area contributed by atoms with Crippen LogP contribution in [-0.2, 0) is 20.8 Å². The second-order valence-corrected chi connectivity index (χ2v) is 7.05. The average molecular weight is 373 g/mol. The van der Waals surface area contributed by atoms with E-state index in [4.69, 9.17) is 4.84 Å². The molecule has 2 aromatic rings. The molecule has 9 heteroatoms. The van der Waals surface area contributed by atoms with Gasteiger partial charge in [0, 0.05) is 37.3 Å². The van der Waals surface area contributed by atoms with Gasteiger partial charge in [0.05, 0.1) is 18.7 Å². The van der Waals surface area contributed by atoms with E-state index in [0.29, 0.717) is 29.4 Å². The first kappa shape index (κ1) is 18.0. The van der Waals surface area contributed by atoms with Crippen LogP contribution in [0.1, 0.15) is 17.7 Å². The summed E-state index contributed by atoms with van der Waals surface area (Å²) in [5.74, 6) is -0.635. The van der Waals surface area contributed by atoms with Crippen molar-refractivity contribution in [1.82, 2.24) is 10.0 Å². The van der Waals surface area contributed by atoms with Crippen LogP contribution in [0.25, 0.3) is 0 Å². The fourth-order valence-corrected chi connectivity index (χ4v) is 3.08. The summed E-state index contributed by atoms with van der Waals surface area (Å²) in [5, 5.41) is 9.83. The van der Waals surface area contributed by atoms with Crippen molar-refractivity contribution in [1.29, 1.82) is 0 Å². The maximum Gasteiger partial charge on any atom is 0.337 e. The van der Waals surface area contributed by atoms with E-state index in [0.717, 1.165) is 16.4 Å². The second-order valence-electron chi connectivity index (χ2n) is 5.96. The van der Waals surface area contributed by atoms with Gasteiger partial charge in [-0.2, -0.15) is 5.06 Å². The van der Waals surface area contributed by atoms with Gasteiger partial charge in [-0.15, -0.1) is 10.2 Å². The average Bonchev–Trinajstić information content (AvgIpc) is 3.22. The van der Waals surface area contributed by atoms with Gasteiger partial charge in [-0.05, 0) is 30.7 Å². The van der Waals surface area contributed by atoms with Crippen LogP contribution in [0.3, 0.4) is 0 Å². The van der Waals surface area contributed by atoms with Crippen molar-refractivity contribution in [2.24, 2.45) is 10.2 Å². The summed E-state index contributed by atoms with van der Waals surface area (Å²) in [6.45, 7) is 0.458. The van der Waals surface area contributed by atoms with Crippen molar-refractivity contribution in [3.63, 3.8) is 0 Å². The quantitative estimate of drug-likeness (QED) is 0.725. The van der Waals surface area contributed by atoms with E-state index in [9.17, 15) is 9.59 Å². The van der Waals surface area contributed by atoms with Crippen molar-refractivity contribution in [2.75, 3.05) is 25.5 Å². The largest absolute Gasteiger partial charge is 0.378 e. The number of aromatic nitrogens is 1. The Morgan fingerprint density at radius 1 is 1.31 bits per heavy atom. The molecule has 0 bridgehead atoms. The number of carbonyl (C=O) groups is 2. The summed E-state index contributed by atoms with van der Waals surface area (Å²) in [5.41, 5.74) is 1.80. The van der Waals surface area contributed by atoms with Crippen LogP contribution in [0.5, 0.6) is 0 Å². The van der Waals surface area contributed by atoms with E-state index in [1.807, 2.05) is 43.3 Å². The Morgan fingerprint density at radius 3 is 2.73 bits per heavy atom. The van der Waals surface area contributed by atoms with Crippen molar-refractivity contribution in [3.8, 4) is 0 Å². The van der Waals surface area contributed by atoms with Crippen LogP contribution >= 0.6 is 11.3 Å². The van der Waals surface area contributed by atoms with Gasteiger partial charge in [0.2, 0.25) is 5.13 Å². The highest BCUT2D eigenvalue weighted by Crippen LogP contribution is 2.25. The molecule has 3 rings (SSSR count). The third-order valence-electron chi connectivity index (χ3n) is 3.72. The third kappa shape index (κ3) is 4.63. The Labute approximate surface area is 155 Å². The third-order valence-corrected chi connectivity index (χ3v) is 4.60. The zero-order chi connectivity index (χ0) is 18.5.